The van der Waals surface area contributed by atoms with E-state index >= 15 is 0 Å². The van der Waals surface area contributed by atoms with Crippen molar-refractivity contribution in [2.75, 3.05) is 12.3 Å². The molecule has 6 heteroatoms. The van der Waals surface area contributed by atoms with Crippen LogP contribution >= 0.6 is 0 Å². The number of ether oxygens (including phenoxy) is 1. The minimum absolute atomic E-state index is 0.559. The Hall–Kier alpha value is -2.11. The Labute approximate surface area is 119 Å². The lowest BCUT2D eigenvalue weighted by Gasteiger charge is -2.08. The van der Waals surface area contributed by atoms with Crippen LogP contribution in [0.2, 0.25) is 0 Å². The van der Waals surface area contributed by atoms with E-state index in [0.29, 0.717) is 24.1 Å². The van der Waals surface area contributed by atoms with Crippen molar-refractivity contribution >= 4 is 5.69 Å². The summed E-state index contributed by atoms with van der Waals surface area (Å²) >= 11 is 0. The summed E-state index contributed by atoms with van der Waals surface area (Å²) in [7, 11) is 0. The van der Waals surface area contributed by atoms with Gasteiger partial charge in [-0.1, -0.05) is 13.8 Å². The lowest BCUT2D eigenvalue weighted by atomic mass is 10.2. The summed E-state index contributed by atoms with van der Waals surface area (Å²) in [6, 6.07) is 1.79. The lowest BCUT2D eigenvalue weighted by Crippen LogP contribution is -2.08. The highest BCUT2D eigenvalue weighted by Gasteiger charge is 2.16. The van der Waals surface area contributed by atoms with Gasteiger partial charge in [-0.25, -0.2) is 9.67 Å². The zero-order chi connectivity index (χ0) is 14.7. The molecule has 0 aliphatic rings. The predicted octanol–water partition coefficient (Wildman–Crippen LogP) is 2.08. The Bertz CT molecular complexity index is 606. The first-order valence-corrected chi connectivity index (χ1v) is 6.95. The molecule has 0 radical (unpaired) electrons. The van der Waals surface area contributed by atoms with Crippen molar-refractivity contribution in [1.82, 2.24) is 19.7 Å². The molecular weight excluding hydrogens is 254 g/mol. The Kier molecular flexibility index (Phi) is 4.22. The van der Waals surface area contributed by atoms with E-state index < -0.39 is 0 Å². The maximum Gasteiger partial charge on any atom is 0.218 e. The van der Waals surface area contributed by atoms with Crippen molar-refractivity contribution < 1.29 is 4.74 Å². The predicted molar refractivity (Wildman–Crippen MR) is 78.2 cm³/mol. The molecule has 0 aliphatic heterocycles. The Morgan fingerprint density at radius 2 is 1.95 bits per heavy atom. The molecule has 0 aliphatic carbocycles. The van der Waals surface area contributed by atoms with Crippen LogP contribution < -0.4 is 10.5 Å². The Morgan fingerprint density at radius 3 is 2.55 bits per heavy atom. The number of anilines is 1. The highest BCUT2D eigenvalue weighted by molar-refractivity contribution is 5.51. The standard InChI is InChI=1S/C14H21N5O/c1-5-10-14(15)11(6-2)19(18-10)12-8-13(20-7-3)17-9(4)16-12/h8H,5-7,15H2,1-4H3. The molecule has 2 aromatic heterocycles. The second-order valence-corrected chi connectivity index (χ2v) is 4.47. The van der Waals surface area contributed by atoms with E-state index in [-0.39, 0.29) is 0 Å². The molecule has 0 amide bonds. The normalized spacial score (nSPS) is 10.8. The fourth-order valence-electron chi connectivity index (χ4n) is 2.16. The molecule has 0 atom stereocenters. The summed E-state index contributed by atoms with van der Waals surface area (Å²) in [5, 5.41) is 4.56. The summed E-state index contributed by atoms with van der Waals surface area (Å²) in [6.07, 6.45) is 1.60. The van der Waals surface area contributed by atoms with Crippen LogP contribution in [0.3, 0.4) is 0 Å². The van der Waals surface area contributed by atoms with Gasteiger partial charge in [-0.2, -0.15) is 10.1 Å². The molecule has 6 nitrogen and oxygen atoms in total. The first-order chi connectivity index (χ1) is 9.60. The second kappa shape index (κ2) is 5.90. The summed E-state index contributed by atoms with van der Waals surface area (Å²) in [4.78, 5) is 8.69. The molecule has 2 N–H and O–H groups in total. The Balaban J connectivity index is 2.55. The van der Waals surface area contributed by atoms with Gasteiger partial charge in [0.05, 0.1) is 23.7 Å². The van der Waals surface area contributed by atoms with Crippen molar-refractivity contribution in [2.24, 2.45) is 0 Å². The van der Waals surface area contributed by atoms with Gasteiger partial charge in [0.25, 0.3) is 0 Å². The fourth-order valence-corrected chi connectivity index (χ4v) is 2.16. The average Bonchev–Trinajstić information content (AvgIpc) is 2.74. The van der Waals surface area contributed by atoms with Gasteiger partial charge in [0.15, 0.2) is 5.82 Å². The maximum absolute atomic E-state index is 6.14. The number of nitrogen functional groups attached to an aromatic ring is 1. The van der Waals surface area contributed by atoms with Crippen molar-refractivity contribution in [3.05, 3.63) is 23.3 Å². The van der Waals surface area contributed by atoms with E-state index in [4.69, 9.17) is 10.5 Å². The average molecular weight is 275 g/mol. The second-order valence-electron chi connectivity index (χ2n) is 4.47. The quantitative estimate of drug-likeness (QED) is 0.903. The van der Waals surface area contributed by atoms with Gasteiger partial charge >= 0.3 is 0 Å². The van der Waals surface area contributed by atoms with Gasteiger partial charge in [0.2, 0.25) is 5.88 Å². The van der Waals surface area contributed by atoms with Crippen LogP contribution in [0.15, 0.2) is 6.07 Å². The van der Waals surface area contributed by atoms with E-state index in [1.165, 1.54) is 0 Å². The van der Waals surface area contributed by atoms with Gasteiger partial charge in [-0.05, 0) is 26.7 Å². The molecular formula is C14H21N5O. The highest BCUT2D eigenvalue weighted by atomic mass is 16.5. The molecule has 0 spiro atoms. The van der Waals surface area contributed by atoms with Crippen molar-refractivity contribution in [2.45, 2.75) is 40.5 Å². The number of nitrogens with two attached hydrogens (primary N) is 1. The van der Waals surface area contributed by atoms with Gasteiger partial charge < -0.3 is 10.5 Å². The third-order valence-corrected chi connectivity index (χ3v) is 3.08. The van der Waals surface area contributed by atoms with Gasteiger partial charge in [0.1, 0.15) is 5.82 Å². The highest BCUT2D eigenvalue weighted by Crippen LogP contribution is 2.22. The van der Waals surface area contributed by atoms with Crippen LogP contribution in [-0.4, -0.2) is 26.4 Å². The van der Waals surface area contributed by atoms with E-state index in [1.54, 1.807) is 10.7 Å². The molecule has 108 valence electrons. The molecule has 0 aromatic carbocycles. The van der Waals surface area contributed by atoms with Crippen molar-refractivity contribution in [3.63, 3.8) is 0 Å². The van der Waals surface area contributed by atoms with Crippen molar-refractivity contribution in [1.29, 1.82) is 0 Å². The van der Waals surface area contributed by atoms with Gasteiger partial charge in [-0.15, -0.1) is 0 Å². The third-order valence-electron chi connectivity index (χ3n) is 3.08. The zero-order valence-electron chi connectivity index (χ0n) is 12.5. The molecule has 0 unspecified atom stereocenters. The van der Waals surface area contributed by atoms with E-state index in [0.717, 1.165) is 29.9 Å². The van der Waals surface area contributed by atoms with Crippen LogP contribution in [0.1, 0.15) is 38.0 Å². The number of aromatic nitrogens is 4. The zero-order valence-corrected chi connectivity index (χ0v) is 12.5. The smallest absolute Gasteiger partial charge is 0.218 e. The molecule has 0 saturated heterocycles. The van der Waals surface area contributed by atoms with Crippen molar-refractivity contribution in [3.8, 4) is 11.7 Å². The van der Waals surface area contributed by atoms with Crippen LogP contribution in [0, 0.1) is 6.92 Å². The van der Waals surface area contributed by atoms with E-state index in [2.05, 4.69) is 22.0 Å². The van der Waals surface area contributed by atoms with Gasteiger partial charge in [0, 0.05) is 6.07 Å². The lowest BCUT2D eigenvalue weighted by molar-refractivity contribution is 0.325. The molecule has 2 heterocycles. The van der Waals surface area contributed by atoms with Crippen LogP contribution in [0.25, 0.3) is 5.82 Å². The van der Waals surface area contributed by atoms with Crippen LogP contribution in [-0.2, 0) is 12.8 Å². The first-order valence-electron chi connectivity index (χ1n) is 6.95. The number of aryl methyl sites for hydroxylation is 2. The minimum Gasteiger partial charge on any atom is -0.478 e. The monoisotopic (exact) mass is 275 g/mol. The number of rotatable bonds is 5. The molecule has 0 saturated carbocycles. The van der Waals surface area contributed by atoms with Gasteiger partial charge in [-0.3, -0.25) is 0 Å². The maximum atomic E-state index is 6.14. The summed E-state index contributed by atoms with van der Waals surface area (Å²) in [6.45, 7) is 8.43. The number of hydrogen-bond donors (Lipinski definition) is 1. The minimum atomic E-state index is 0.559. The summed E-state index contributed by atoms with van der Waals surface area (Å²) in [5.41, 5.74) is 8.77. The molecule has 20 heavy (non-hydrogen) atoms. The van der Waals surface area contributed by atoms with Crippen LogP contribution in [0.5, 0.6) is 5.88 Å². The SMILES string of the molecule is CCOc1cc(-n2nc(CC)c(N)c2CC)nc(C)n1. The Morgan fingerprint density at radius 1 is 1.20 bits per heavy atom. The fraction of sp³-hybridized carbons (Fsp3) is 0.500. The largest absolute Gasteiger partial charge is 0.478 e. The molecule has 2 aromatic rings. The van der Waals surface area contributed by atoms with Crippen LogP contribution in [0.4, 0.5) is 5.69 Å². The number of nitrogens with zero attached hydrogens (tertiary/aromatic N) is 4. The summed E-state index contributed by atoms with van der Waals surface area (Å²) in [5.74, 6) is 1.91. The number of hydrogen-bond acceptors (Lipinski definition) is 5. The third kappa shape index (κ3) is 2.59. The topological polar surface area (TPSA) is 78.9 Å². The molecule has 0 fully saturated rings. The van der Waals surface area contributed by atoms with E-state index in [9.17, 15) is 0 Å². The molecule has 0 bridgehead atoms. The first kappa shape index (κ1) is 14.3. The summed E-state index contributed by atoms with van der Waals surface area (Å²) < 4.78 is 7.26. The molecule has 2 rings (SSSR count). The van der Waals surface area contributed by atoms with E-state index in [1.807, 2.05) is 20.8 Å².